The molecule has 210 valence electrons. The van der Waals surface area contributed by atoms with Gasteiger partial charge in [-0.2, -0.15) is 5.26 Å². The normalized spacial score (nSPS) is 13.9. The number of hydrogen-bond acceptors (Lipinski definition) is 8. The molecule has 4 aromatic carbocycles. The number of fused-ring (bicyclic) bond motifs is 1. The molecule has 1 unspecified atom stereocenters. The number of nitro groups is 1. The minimum atomic E-state index is -0.896. The molecule has 9 nitrogen and oxygen atoms in total. The summed E-state index contributed by atoms with van der Waals surface area (Å²) in [5.41, 5.74) is 7.95. The molecule has 0 saturated heterocycles. The molecule has 2 N–H and O–H groups in total. The number of carbonyl (C=O) groups excluding carboxylic acids is 1. The van der Waals surface area contributed by atoms with E-state index in [4.69, 9.17) is 54.7 Å². The van der Waals surface area contributed by atoms with Gasteiger partial charge in [-0.3, -0.25) is 10.1 Å². The zero-order chi connectivity index (χ0) is 30.0. The van der Waals surface area contributed by atoms with Crippen molar-refractivity contribution >= 4 is 46.5 Å². The van der Waals surface area contributed by atoms with Crippen molar-refractivity contribution in [3.63, 3.8) is 0 Å². The van der Waals surface area contributed by atoms with Crippen LogP contribution < -0.4 is 19.9 Å². The largest absolute Gasteiger partial charge is 0.489 e. The Morgan fingerprint density at radius 2 is 1.71 bits per heavy atom. The number of rotatable bonds is 7. The van der Waals surface area contributed by atoms with Gasteiger partial charge in [-0.25, -0.2) is 4.79 Å². The topological polar surface area (TPSA) is 138 Å². The molecule has 0 bridgehead atoms. The van der Waals surface area contributed by atoms with Gasteiger partial charge in [-0.1, -0.05) is 59.1 Å². The fourth-order valence-electron chi connectivity index (χ4n) is 4.34. The van der Waals surface area contributed by atoms with Crippen LogP contribution in [0.2, 0.25) is 15.1 Å². The number of non-ortho nitro benzene ring substituents is 1. The first-order valence-corrected chi connectivity index (χ1v) is 13.3. The lowest BCUT2D eigenvalue weighted by Crippen LogP contribution is -2.21. The number of nitro benzene ring substituents is 1. The van der Waals surface area contributed by atoms with Gasteiger partial charge in [0.2, 0.25) is 5.88 Å². The number of nitrogens with two attached hydrogens (primary N) is 1. The Hall–Kier alpha value is -4.75. The summed E-state index contributed by atoms with van der Waals surface area (Å²) >= 11 is 18.3. The molecule has 12 heteroatoms. The van der Waals surface area contributed by atoms with Gasteiger partial charge in [0, 0.05) is 39.4 Å². The molecule has 42 heavy (non-hydrogen) atoms. The van der Waals surface area contributed by atoms with Crippen LogP contribution in [0.15, 0.2) is 90.3 Å². The highest BCUT2D eigenvalue weighted by Crippen LogP contribution is 2.44. The zero-order valence-corrected chi connectivity index (χ0v) is 23.6. The lowest BCUT2D eigenvalue weighted by molar-refractivity contribution is -0.384. The summed E-state index contributed by atoms with van der Waals surface area (Å²) in [6.07, 6.45) is 0. The smallest absolute Gasteiger partial charge is 0.345 e. The van der Waals surface area contributed by atoms with E-state index >= 15 is 0 Å². The number of nitriles is 1. The van der Waals surface area contributed by atoms with Gasteiger partial charge in [0.15, 0.2) is 0 Å². The summed E-state index contributed by atoms with van der Waals surface area (Å²) in [6, 6.07) is 22.5. The molecule has 4 aromatic rings. The fraction of sp³-hybridized carbons (Fsp3) is 0.0667. The highest BCUT2D eigenvalue weighted by atomic mass is 35.5. The Morgan fingerprint density at radius 1 is 0.976 bits per heavy atom. The first-order valence-electron chi connectivity index (χ1n) is 12.2. The predicted octanol–water partition coefficient (Wildman–Crippen LogP) is 7.57. The van der Waals surface area contributed by atoms with Gasteiger partial charge in [0.25, 0.3) is 5.69 Å². The van der Waals surface area contributed by atoms with Crippen molar-refractivity contribution < 1.29 is 23.9 Å². The second kappa shape index (κ2) is 12.0. The SMILES string of the molecule is N#CC1=C(N)Oc2cc(OC(=O)c3cc([N+](=O)[O-])ccc3Cl)ccc2C1c1ccc(OCc2ccc(Cl)cc2Cl)cc1. The number of esters is 1. The molecule has 0 spiro atoms. The van der Waals surface area contributed by atoms with Crippen molar-refractivity contribution in [2.75, 3.05) is 0 Å². The summed E-state index contributed by atoms with van der Waals surface area (Å²) in [5.74, 6) is -0.641. The number of ether oxygens (including phenoxy) is 3. The maximum Gasteiger partial charge on any atom is 0.345 e. The lowest BCUT2D eigenvalue weighted by Gasteiger charge is -2.27. The first kappa shape index (κ1) is 28.8. The van der Waals surface area contributed by atoms with Crippen LogP contribution in [0, 0.1) is 21.4 Å². The zero-order valence-electron chi connectivity index (χ0n) is 21.3. The molecule has 5 rings (SSSR count). The number of benzene rings is 4. The maximum absolute atomic E-state index is 12.8. The van der Waals surface area contributed by atoms with E-state index in [-0.39, 0.29) is 45.8 Å². The van der Waals surface area contributed by atoms with Crippen LogP contribution >= 0.6 is 34.8 Å². The van der Waals surface area contributed by atoms with Crippen LogP contribution in [-0.2, 0) is 6.61 Å². The van der Waals surface area contributed by atoms with Crippen LogP contribution in [-0.4, -0.2) is 10.9 Å². The van der Waals surface area contributed by atoms with Gasteiger partial charge in [0.05, 0.1) is 21.4 Å². The number of nitrogens with zero attached hydrogens (tertiary/aromatic N) is 2. The Morgan fingerprint density at radius 3 is 2.40 bits per heavy atom. The predicted molar refractivity (Wildman–Crippen MR) is 156 cm³/mol. The highest BCUT2D eigenvalue weighted by Gasteiger charge is 2.31. The molecule has 0 amide bonds. The van der Waals surface area contributed by atoms with E-state index in [1.165, 1.54) is 24.3 Å². The van der Waals surface area contributed by atoms with Crippen LogP contribution in [0.4, 0.5) is 5.69 Å². The fourth-order valence-corrected chi connectivity index (χ4v) is 5.00. The van der Waals surface area contributed by atoms with Crippen LogP contribution in [0.3, 0.4) is 0 Å². The summed E-state index contributed by atoms with van der Waals surface area (Å²) < 4.78 is 17.0. The standard InChI is InChI=1S/C30H18Cl3N3O6/c31-18-4-1-17(26(33)11-18)15-40-20-6-2-16(3-7-20)28-22-9-8-21(13-27(22)42-29(35)24(28)14-34)41-30(37)23-12-19(36(38)39)5-10-25(23)32/h1-13,28H,15,35H2. The summed E-state index contributed by atoms with van der Waals surface area (Å²) in [7, 11) is 0. The maximum atomic E-state index is 12.8. The number of halogens is 3. The Kier molecular flexibility index (Phi) is 8.22. The van der Waals surface area contributed by atoms with Gasteiger partial charge in [-0.15, -0.1) is 0 Å². The summed E-state index contributed by atoms with van der Waals surface area (Å²) in [6.45, 7) is 0.231. The molecular weight excluding hydrogens is 605 g/mol. The summed E-state index contributed by atoms with van der Waals surface area (Å²) in [4.78, 5) is 23.2. The third kappa shape index (κ3) is 5.97. The van der Waals surface area contributed by atoms with Gasteiger partial charge in [-0.05, 0) is 42.0 Å². The molecule has 1 aliphatic heterocycles. The highest BCUT2D eigenvalue weighted by molar-refractivity contribution is 6.35. The van der Waals surface area contributed by atoms with Crippen molar-refractivity contribution in [3.05, 3.63) is 138 Å². The van der Waals surface area contributed by atoms with Crippen LogP contribution in [0.1, 0.15) is 33.0 Å². The van der Waals surface area contributed by atoms with Crippen molar-refractivity contribution in [2.45, 2.75) is 12.5 Å². The van der Waals surface area contributed by atoms with E-state index < -0.39 is 16.8 Å². The van der Waals surface area contributed by atoms with E-state index in [2.05, 4.69) is 6.07 Å². The Balaban J connectivity index is 1.38. The summed E-state index contributed by atoms with van der Waals surface area (Å²) in [5, 5.41) is 22.0. The minimum absolute atomic E-state index is 0.00518. The molecule has 0 saturated carbocycles. The average Bonchev–Trinajstić information content (AvgIpc) is 2.96. The molecule has 0 aromatic heterocycles. The minimum Gasteiger partial charge on any atom is -0.489 e. The van der Waals surface area contributed by atoms with E-state index in [0.717, 1.165) is 17.2 Å². The molecule has 0 radical (unpaired) electrons. The van der Waals surface area contributed by atoms with Crippen molar-refractivity contribution in [1.29, 1.82) is 5.26 Å². The third-order valence-electron chi connectivity index (χ3n) is 6.40. The molecule has 0 aliphatic carbocycles. The second-order valence-corrected chi connectivity index (χ2v) is 10.3. The van der Waals surface area contributed by atoms with Crippen LogP contribution in [0.5, 0.6) is 17.2 Å². The van der Waals surface area contributed by atoms with E-state index in [1.807, 2.05) is 0 Å². The van der Waals surface area contributed by atoms with E-state index in [1.54, 1.807) is 48.5 Å². The molecule has 1 atom stereocenters. The van der Waals surface area contributed by atoms with E-state index in [9.17, 15) is 20.2 Å². The second-order valence-electron chi connectivity index (χ2n) is 9.03. The number of allylic oxidation sites excluding steroid dienone is 1. The average molecular weight is 623 g/mol. The quantitative estimate of drug-likeness (QED) is 0.0964. The Bertz CT molecular complexity index is 1800. The molecule has 1 aliphatic rings. The lowest BCUT2D eigenvalue weighted by atomic mass is 9.83. The van der Waals surface area contributed by atoms with Crippen molar-refractivity contribution in [3.8, 4) is 23.3 Å². The van der Waals surface area contributed by atoms with Gasteiger partial charge in [0.1, 0.15) is 35.5 Å². The third-order valence-corrected chi connectivity index (χ3v) is 7.32. The first-order chi connectivity index (χ1) is 20.1. The number of carbonyl (C=O) groups is 1. The molecule has 0 fully saturated rings. The van der Waals surface area contributed by atoms with Crippen LogP contribution in [0.25, 0.3) is 0 Å². The monoisotopic (exact) mass is 621 g/mol. The van der Waals surface area contributed by atoms with Crippen molar-refractivity contribution in [1.82, 2.24) is 0 Å². The van der Waals surface area contributed by atoms with Gasteiger partial charge >= 0.3 is 5.97 Å². The Labute approximate surface area is 254 Å². The molecule has 1 heterocycles. The van der Waals surface area contributed by atoms with E-state index in [0.29, 0.717) is 21.4 Å². The molecular formula is C30H18Cl3N3O6. The van der Waals surface area contributed by atoms with Crippen molar-refractivity contribution in [2.24, 2.45) is 5.73 Å². The van der Waals surface area contributed by atoms with Gasteiger partial charge < -0.3 is 19.9 Å². The number of hydrogen-bond donors (Lipinski definition) is 1.